The number of anilines is 1. The SMILES string of the molecule is CCCN(CCCNC(=O)OCCOCCOCCOCCOCCOCCOCCOCCOCCOCCOCCNC(=O)CN1C(=O)C=CC1=O)C(=O)C1=Cc2ccc(C(=O)Nc3ccccc3)cc2N=C(N)C1. The predicted molar refractivity (Wildman–Crippen MR) is 283 cm³/mol. The van der Waals surface area contributed by atoms with Crippen LogP contribution in [0.5, 0.6) is 0 Å². The number of imide groups is 1. The van der Waals surface area contributed by atoms with E-state index >= 15 is 0 Å². The van der Waals surface area contributed by atoms with Crippen molar-refractivity contribution in [2.75, 3.05) is 177 Å². The van der Waals surface area contributed by atoms with E-state index in [1.807, 2.05) is 25.1 Å². The number of amides is 6. The van der Waals surface area contributed by atoms with Crippen LogP contribution in [-0.4, -0.2) is 223 Å². The number of nitrogens with zero attached hydrogens (tertiary/aromatic N) is 3. The van der Waals surface area contributed by atoms with Crippen LogP contribution in [0.4, 0.5) is 16.2 Å². The van der Waals surface area contributed by atoms with E-state index in [2.05, 4.69) is 20.9 Å². The van der Waals surface area contributed by atoms with Crippen LogP contribution in [0, 0.1) is 0 Å². The molecule has 24 nitrogen and oxygen atoms in total. The fourth-order valence-corrected chi connectivity index (χ4v) is 7.02. The van der Waals surface area contributed by atoms with E-state index in [0.717, 1.165) is 23.5 Å². The van der Waals surface area contributed by atoms with E-state index in [1.165, 1.54) is 0 Å². The van der Waals surface area contributed by atoms with E-state index < -0.39 is 23.8 Å². The average Bonchev–Trinajstić information content (AvgIpc) is 3.62. The van der Waals surface area contributed by atoms with Crippen LogP contribution in [0.15, 0.2) is 71.2 Å². The van der Waals surface area contributed by atoms with Crippen molar-refractivity contribution in [3.63, 3.8) is 0 Å². The zero-order valence-electron chi connectivity index (χ0n) is 44.2. The maximum absolute atomic E-state index is 13.7. The highest BCUT2D eigenvalue weighted by Crippen LogP contribution is 2.29. The van der Waals surface area contributed by atoms with Crippen LogP contribution in [0.25, 0.3) is 6.08 Å². The first-order valence-corrected chi connectivity index (χ1v) is 26.0. The van der Waals surface area contributed by atoms with Gasteiger partial charge in [0.2, 0.25) is 11.8 Å². The molecule has 2 aliphatic rings. The highest BCUT2D eigenvalue weighted by molar-refractivity contribution is 6.14. The number of amidine groups is 1. The quantitative estimate of drug-likeness (QED) is 0.0547. The zero-order valence-corrected chi connectivity index (χ0v) is 44.2. The van der Waals surface area contributed by atoms with Crippen molar-refractivity contribution in [3.05, 3.63) is 77.4 Å². The summed E-state index contributed by atoms with van der Waals surface area (Å²) >= 11 is 0. The standard InChI is InChI=1S/C53H77N7O17/c1-2-15-59(52(65)44-38-42-9-10-43(39-46(42)58-47(54)40-44)51(64)57-45-7-4-3-5-8-45)16-6-13-56-53(66)77-37-36-76-35-34-75-33-32-74-31-30-73-29-28-72-27-26-71-25-24-70-23-22-69-21-20-68-19-18-67-17-14-55-48(61)41-60-49(62)11-12-50(60)63/h3-5,7-12,38-39H,2,6,13-37,40-41H2,1H3,(H2,54,58)(H,55,61)(H,56,66)(H,57,64). The minimum Gasteiger partial charge on any atom is -0.447 e. The van der Waals surface area contributed by atoms with E-state index in [4.69, 9.17) is 57.8 Å². The first kappa shape index (κ1) is 63.3. The van der Waals surface area contributed by atoms with E-state index in [-0.39, 0.29) is 57.0 Å². The normalized spacial score (nSPS) is 13.0. The fourth-order valence-electron chi connectivity index (χ4n) is 7.02. The van der Waals surface area contributed by atoms with Crippen LogP contribution in [0.3, 0.4) is 0 Å². The van der Waals surface area contributed by atoms with Crippen molar-refractivity contribution < 1.29 is 80.9 Å². The lowest BCUT2D eigenvalue weighted by Crippen LogP contribution is -2.41. The Morgan fingerprint density at radius 3 is 1.61 bits per heavy atom. The maximum Gasteiger partial charge on any atom is 0.407 e. The molecule has 0 aliphatic carbocycles. The number of ether oxygens (including phenoxy) is 11. The molecule has 2 aliphatic heterocycles. The number of carbonyl (C=O) groups is 6. The minimum atomic E-state index is -0.573. The fraction of sp³-hybridized carbons (Fsp3) is 0.566. The monoisotopic (exact) mass is 1080 g/mol. The molecule has 6 amide bonds. The van der Waals surface area contributed by atoms with Gasteiger partial charge in [-0.25, -0.2) is 9.79 Å². The smallest absolute Gasteiger partial charge is 0.407 e. The molecule has 0 spiro atoms. The minimum absolute atomic E-state index is 0.0757. The van der Waals surface area contributed by atoms with Gasteiger partial charge in [-0.05, 0) is 43.2 Å². The number of hydrogen-bond acceptors (Lipinski definition) is 19. The molecule has 0 saturated carbocycles. The Morgan fingerprint density at radius 1 is 0.610 bits per heavy atom. The molecule has 2 heterocycles. The number of benzene rings is 2. The van der Waals surface area contributed by atoms with Gasteiger partial charge in [0.25, 0.3) is 17.7 Å². The Hall–Kier alpha value is -6.19. The molecule has 77 heavy (non-hydrogen) atoms. The van der Waals surface area contributed by atoms with Gasteiger partial charge in [-0.3, -0.25) is 28.9 Å². The molecule has 5 N–H and O–H groups in total. The maximum atomic E-state index is 13.7. The number of rotatable bonds is 44. The van der Waals surface area contributed by atoms with Gasteiger partial charge in [0.05, 0.1) is 138 Å². The summed E-state index contributed by atoms with van der Waals surface area (Å²) in [4.78, 5) is 80.7. The lowest BCUT2D eigenvalue weighted by molar-refractivity contribution is -0.141. The number of aliphatic imine (C=N–C) groups is 1. The second-order valence-corrected chi connectivity index (χ2v) is 16.8. The summed E-state index contributed by atoms with van der Waals surface area (Å²) in [6.07, 6.45) is 4.88. The molecule has 2 aromatic carbocycles. The Morgan fingerprint density at radius 2 is 1.10 bits per heavy atom. The van der Waals surface area contributed by atoms with E-state index in [9.17, 15) is 28.8 Å². The highest BCUT2D eigenvalue weighted by atomic mass is 16.6. The summed E-state index contributed by atoms with van der Waals surface area (Å²) in [6.45, 7) is 11.1. The lowest BCUT2D eigenvalue weighted by Gasteiger charge is -2.23. The number of para-hydroxylation sites is 1. The van der Waals surface area contributed by atoms with Crippen LogP contribution in [0.2, 0.25) is 0 Å². The summed E-state index contributed by atoms with van der Waals surface area (Å²) in [6, 6.07) is 14.3. The molecular formula is C53H77N7O17. The summed E-state index contributed by atoms with van der Waals surface area (Å²) < 4.78 is 60.0. The summed E-state index contributed by atoms with van der Waals surface area (Å²) in [7, 11) is 0. The van der Waals surface area contributed by atoms with Crippen LogP contribution < -0.4 is 21.7 Å². The largest absolute Gasteiger partial charge is 0.447 e. The Bertz CT molecular complexity index is 2150. The number of carbonyl (C=O) groups excluding carboxylic acids is 6. The summed E-state index contributed by atoms with van der Waals surface area (Å²) in [5.74, 6) is -1.62. The van der Waals surface area contributed by atoms with Crippen molar-refractivity contribution in [1.29, 1.82) is 0 Å². The summed E-state index contributed by atoms with van der Waals surface area (Å²) in [5, 5.41) is 8.17. The number of nitrogens with two attached hydrogens (primary N) is 1. The molecule has 0 unspecified atom stereocenters. The Labute approximate surface area is 450 Å². The highest BCUT2D eigenvalue weighted by Gasteiger charge is 2.26. The molecular weight excluding hydrogens is 1010 g/mol. The zero-order chi connectivity index (χ0) is 55.0. The first-order chi connectivity index (χ1) is 37.6. The van der Waals surface area contributed by atoms with Gasteiger partial charge < -0.3 is 78.7 Å². The molecule has 24 heteroatoms. The van der Waals surface area contributed by atoms with Gasteiger partial charge in [-0.2, -0.15) is 0 Å². The van der Waals surface area contributed by atoms with Crippen molar-refractivity contribution >= 4 is 58.9 Å². The summed E-state index contributed by atoms with van der Waals surface area (Å²) in [5.41, 5.74) is 9.02. The molecule has 426 valence electrons. The van der Waals surface area contributed by atoms with Gasteiger partial charge in [0.1, 0.15) is 19.0 Å². The van der Waals surface area contributed by atoms with Gasteiger partial charge in [0, 0.05) is 67.1 Å². The van der Waals surface area contributed by atoms with Gasteiger partial charge in [-0.15, -0.1) is 0 Å². The molecule has 0 fully saturated rings. The third-order valence-corrected chi connectivity index (χ3v) is 10.8. The van der Waals surface area contributed by atoms with Crippen LogP contribution in [-0.2, 0) is 71.3 Å². The molecule has 2 aromatic rings. The molecule has 0 bridgehead atoms. The van der Waals surface area contributed by atoms with E-state index in [0.29, 0.717) is 173 Å². The number of hydrogen-bond donors (Lipinski definition) is 4. The second-order valence-electron chi connectivity index (χ2n) is 16.8. The van der Waals surface area contributed by atoms with Crippen LogP contribution in [0.1, 0.15) is 42.1 Å². The molecule has 0 radical (unpaired) electrons. The molecule has 0 saturated heterocycles. The van der Waals surface area contributed by atoms with Gasteiger partial charge in [0.15, 0.2) is 0 Å². The Kier molecular flexibility index (Phi) is 33.0. The third-order valence-electron chi connectivity index (χ3n) is 10.8. The second kappa shape index (κ2) is 40.1. The first-order valence-electron chi connectivity index (χ1n) is 26.0. The Balaban J connectivity index is 0.841. The lowest BCUT2D eigenvalue weighted by atomic mass is 10.0. The van der Waals surface area contributed by atoms with Gasteiger partial charge >= 0.3 is 6.09 Å². The number of fused-ring (bicyclic) bond motifs is 1. The molecule has 0 aromatic heterocycles. The van der Waals surface area contributed by atoms with Crippen molar-refractivity contribution in [1.82, 2.24) is 20.4 Å². The van der Waals surface area contributed by atoms with Crippen molar-refractivity contribution in [2.45, 2.75) is 26.2 Å². The topological polar surface area (TPSA) is 285 Å². The molecule has 4 rings (SSSR count). The van der Waals surface area contributed by atoms with Crippen LogP contribution >= 0.6 is 0 Å². The molecule has 0 atom stereocenters. The number of nitrogens with one attached hydrogen (secondary N) is 3. The van der Waals surface area contributed by atoms with Crippen molar-refractivity contribution in [3.8, 4) is 0 Å². The third kappa shape index (κ3) is 28.1. The van der Waals surface area contributed by atoms with Crippen molar-refractivity contribution in [2.24, 2.45) is 10.7 Å². The predicted octanol–water partition coefficient (Wildman–Crippen LogP) is 2.28. The van der Waals surface area contributed by atoms with E-state index in [1.54, 1.807) is 41.3 Å². The van der Waals surface area contributed by atoms with Gasteiger partial charge in [-0.1, -0.05) is 31.2 Å². The average molecular weight is 1080 g/mol. The number of alkyl carbamates (subject to hydrolysis) is 1.